The van der Waals surface area contributed by atoms with Gasteiger partial charge in [-0.3, -0.25) is 14.6 Å². The SMILES string of the molecule is COC(=O)c1n[nH]c2ccc(NC(=O)c3cccc(NS(C)(=O)=O)c3)cc12. The largest absolute Gasteiger partial charge is 0.464 e. The molecule has 1 amide bonds. The van der Waals surface area contributed by atoms with Crippen molar-refractivity contribution in [1.29, 1.82) is 0 Å². The molecule has 10 heteroatoms. The number of anilines is 2. The lowest BCUT2D eigenvalue weighted by Gasteiger charge is -2.08. The number of carbonyl (C=O) groups excluding carboxylic acids is 2. The highest BCUT2D eigenvalue weighted by atomic mass is 32.2. The number of benzene rings is 2. The molecule has 0 spiro atoms. The van der Waals surface area contributed by atoms with Crippen molar-refractivity contribution in [3.05, 3.63) is 53.7 Å². The fourth-order valence-corrected chi connectivity index (χ4v) is 3.04. The quantitative estimate of drug-likeness (QED) is 0.573. The van der Waals surface area contributed by atoms with Crippen LogP contribution >= 0.6 is 0 Å². The molecule has 0 bridgehead atoms. The topological polar surface area (TPSA) is 130 Å². The van der Waals surface area contributed by atoms with E-state index >= 15 is 0 Å². The lowest BCUT2D eigenvalue weighted by molar-refractivity contribution is 0.0596. The molecule has 0 aliphatic heterocycles. The number of H-pyrrole nitrogens is 1. The van der Waals surface area contributed by atoms with Gasteiger partial charge in [-0.25, -0.2) is 13.2 Å². The summed E-state index contributed by atoms with van der Waals surface area (Å²) in [7, 11) is -2.19. The van der Waals surface area contributed by atoms with Crippen molar-refractivity contribution in [3.63, 3.8) is 0 Å². The third kappa shape index (κ3) is 4.23. The van der Waals surface area contributed by atoms with E-state index in [1.54, 1.807) is 30.3 Å². The molecule has 0 unspecified atom stereocenters. The lowest BCUT2D eigenvalue weighted by Crippen LogP contribution is -2.14. The highest BCUT2D eigenvalue weighted by molar-refractivity contribution is 7.92. The van der Waals surface area contributed by atoms with Gasteiger partial charge in [0.05, 0.1) is 18.9 Å². The molecule has 0 saturated heterocycles. The average molecular weight is 388 g/mol. The van der Waals surface area contributed by atoms with Crippen LogP contribution in [0.2, 0.25) is 0 Å². The minimum Gasteiger partial charge on any atom is -0.464 e. The number of rotatable bonds is 5. The molecule has 0 saturated carbocycles. The summed E-state index contributed by atoms with van der Waals surface area (Å²) in [5.74, 6) is -1.03. The van der Waals surface area contributed by atoms with Crippen molar-refractivity contribution in [2.45, 2.75) is 0 Å². The van der Waals surface area contributed by atoms with Crippen LogP contribution in [-0.4, -0.2) is 43.9 Å². The number of nitrogens with one attached hydrogen (secondary N) is 3. The monoisotopic (exact) mass is 388 g/mol. The van der Waals surface area contributed by atoms with E-state index in [1.807, 2.05) is 0 Å². The summed E-state index contributed by atoms with van der Waals surface area (Å²) >= 11 is 0. The van der Waals surface area contributed by atoms with Gasteiger partial charge in [0, 0.05) is 22.3 Å². The number of esters is 1. The molecule has 1 heterocycles. The van der Waals surface area contributed by atoms with E-state index in [2.05, 4.69) is 25.0 Å². The Kier molecular flexibility index (Phi) is 4.82. The van der Waals surface area contributed by atoms with Crippen LogP contribution in [0.4, 0.5) is 11.4 Å². The Balaban J connectivity index is 1.86. The van der Waals surface area contributed by atoms with Crippen molar-refractivity contribution >= 4 is 44.2 Å². The summed E-state index contributed by atoms with van der Waals surface area (Å²) < 4.78 is 29.6. The Bertz CT molecular complexity index is 1140. The predicted molar refractivity (Wildman–Crippen MR) is 100 cm³/mol. The zero-order valence-corrected chi connectivity index (χ0v) is 15.3. The number of fused-ring (bicyclic) bond motifs is 1. The van der Waals surface area contributed by atoms with Crippen LogP contribution < -0.4 is 10.0 Å². The Hall–Kier alpha value is -3.40. The van der Waals surface area contributed by atoms with Crippen LogP contribution in [0.1, 0.15) is 20.8 Å². The number of hydrogen-bond acceptors (Lipinski definition) is 6. The Morgan fingerprint density at radius 1 is 1.11 bits per heavy atom. The summed E-state index contributed by atoms with van der Waals surface area (Å²) in [4.78, 5) is 24.2. The summed E-state index contributed by atoms with van der Waals surface area (Å²) in [5, 5.41) is 9.84. The van der Waals surface area contributed by atoms with Crippen molar-refractivity contribution in [3.8, 4) is 0 Å². The van der Waals surface area contributed by atoms with Gasteiger partial charge in [0.15, 0.2) is 5.69 Å². The van der Waals surface area contributed by atoms with E-state index in [0.29, 0.717) is 16.6 Å². The molecule has 0 atom stereocenters. The molecule has 3 aromatic rings. The smallest absolute Gasteiger partial charge is 0.359 e. The van der Waals surface area contributed by atoms with Gasteiger partial charge < -0.3 is 10.1 Å². The Morgan fingerprint density at radius 2 is 1.89 bits per heavy atom. The van der Waals surface area contributed by atoms with Crippen molar-refractivity contribution in [2.75, 3.05) is 23.4 Å². The van der Waals surface area contributed by atoms with Gasteiger partial charge in [0.1, 0.15) is 0 Å². The third-order valence-electron chi connectivity index (χ3n) is 3.63. The first-order valence-corrected chi connectivity index (χ1v) is 9.61. The van der Waals surface area contributed by atoms with E-state index < -0.39 is 21.9 Å². The van der Waals surface area contributed by atoms with Gasteiger partial charge in [-0.2, -0.15) is 5.10 Å². The second-order valence-electron chi connectivity index (χ2n) is 5.73. The second-order valence-corrected chi connectivity index (χ2v) is 7.48. The number of carbonyl (C=O) groups is 2. The van der Waals surface area contributed by atoms with Crippen LogP contribution in [0.15, 0.2) is 42.5 Å². The molecule has 3 rings (SSSR count). The standard InChI is InChI=1S/C17H16N4O5S/c1-26-17(23)15-13-9-11(6-7-14(13)19-20-15)18-16(22)10-4-3-5-12(8-10)21-27(2,24)25/h3-9,21H,1-2H3,(H,18,22)(H,19,20). The van der Waals surface area contributed by atoms with Gasteiger partial charge in [-0.15, -0.1) is 0 Å². The number of hydrogen-bond donors (Lipinski definition) is 3. The number of ether oxygens (including phenoxy) is 1. The average Bonchev–Trinajstić information content (AvgIpc) is 3.03. The van der Waals surface area contributed by atoms with Gasteiger partial charge in [0.2, 0.25) is 10.0 Å². The van der Waals surface area contributed by atoms with Crippen LogP contribution in [0.5, 0.6) is 0 Å². The van der Waals surface area contributed by atoms with Crippen LogP contribution in [0.25, 0.3) is 10.9 Å². The molecule has 27 heavy (non-hydrogen) atoms. The maximum absolute atomic E-state index is 12.5. The maximum Gasteiger partial charge on any atom is 0.359 e. The molecule has 2 aromatic carbocycles. The molecular weight excluding hydrogens is 372 g/mol. The lowest BCUT2D eigenvalue weighted by atomic mass is 10.1. The molecule has 1 aromatic heterocycles. The van der Waals surface area contributed by atoms with Crippen LogP contribution in [0, 0.1) is 0 Å². The highest BCUT2D eigenvalue weighted by Crippen LogP contribution is 2.22. The molecule has 0 fully saturated rings. The number of methoxy groups -OCH3 is 1. The van der Waals surface area contributed by atoms with Crippen LogP contribution in [-0.2, 0) is 14.8 Å². The second kappa shape index (κ2) is 7.08. The van der Waals surface area contributed by atoms with E-state index in [-0.39, 0.29) is 16.9 Å². The van der Waals surface area contributed by atoms with E-state index in [4.69, 9.17) is 0 Å². The Morgan fingerprint density at radius 3 is 2.59 bits per heavy atom. The number of sulfonamides is 1. The summed E-state index contributed by atoms with van der Waals surface area (Å²) in [6.07, 6.45) is 1.03. The van der Waals surface area contributed by atoms with E-state index in [9.17, 15) is 18.0 Å². The predicted octanol–water partition coefficient (Wildman–Crippen LogP) is 1.97. The number of aromatic amines is 1. The summed E-state index contributed by atoms with van der Waals surface area (Å²) in [5.41, 5.74) is 1.73. The van der Waals surface area contributed by atoms with E-state index in [0.717, 1.165) is 6.26 Å². The normalized spacial score (nSPS) is 11.2. The molecule has 0 aliphatic rings. The van der Waals surface area contributed by atoms with Crippen LogP contribution in [0.3, 0.4) is 0 Å². The van der Waals surface area contributed by atoms with E-state index in [1.165, 1.54) is 19.2 Å². The first-order chi connectivity index (χ1) is 12.8. The molecule has 0 aliphatic carbocycles. The minimum atomic E-state index is -3.45. The zero-order chi connectivity index (χ0) is 19.6. The fraction of sp³-hybridized carbons (Fsp3) is 0.118. The molecule has 3 N–H and O–H groups in total. The zero-order valence-electron chi connectivity index (χ0n) is 14.4. The molecular formula is C17H16N4O5S. The third-order valence-corrected chi connectivity index (χ3v) is 4.23. The Labute approximate surface area is 154 Å². The maximum atomic E-state index is 12.5. The van der Waals surface area contributed by atoms with Gasteiger partial charge in [-0.05, 0) is 36.4 Å². The summed E-state index contributed by atoms with van der Waals surface area (Å²) in [6.45, 7) is 0. The van der Waals surface area contributed by atoms with Gasteiger partial charge >= 0.3 is 5.97 Å². The number of aromatic nitrogens is 2. The molecule has 140 valence electrons. The molecule has 9 nitrogen and oxygen atoms in total. The number of nitrogens with zero attached hydrogens (tertiary/aromatic N) is 1. The van der Waals surface area contributed by atoms with Crippen molar-refractivity contribution in [1.82, 2.24) is 10.2 Å². The van der Waals surface area contributed by atoms with Gasteiger partial charge in [0.25, 0.3) is 5.91 Å². The number of amides is 1. The van der Waals surface area contributed by atoms with Gasteiger partial charge in [-0.1, -0.05) is 6.07 Å². The fourth-order valence-electron chi connectivity index (χ4n) is 2.49. The molecule has 0 radical (unpaired) electrons. The first kappa shape index (κ1) is 18.4. The summed E-state index contributed by atoms with van der Waals surface area (Å²) in [6, 6.07) is 11.0. The highest BCUT2D eigenvalue weighted by Gasteiger charge is 2.16. The first-order valence-electron chi connectivity index (χ1n) is 7.72. The minimum absolute atomic E-state index is 0.114. The van der Waals surface area contributed by atoms with Crippen molar-refractivity contribution in [2.24, 2.45) is 0 Å². The van der Waals surface area contributed by atoms with Crippen molar-refractivity contribution < 1.29 is 22.7 Å².